The van der Waals surface area contributed by atoms with Gasteiger partial charge in [-0.1, -0.05) is 0 Å². The summed E-state index contributed by atoms with van der Waals surface area (Å²) in [6.07, 6.45) is -0.337. The lowest BCUT2D eigenvalue weighted by molar-refractivity contribution is 0.0240. The summed E-state index contributed by atoms with van der Waals surface area (Å²) in [5, 5.41) is 0. The van der Waals surface area contributed by atoms with Crippen molar-refractivity contribution in [3.05, 3.63) is 64.8 Å². The second-order valence-corrected chi connectivity index (χ2v) is 9.75. The number of aromatic nitrogens is 2. The van der Waals surface area contributed by atoms with E-state index in [0.717, 1.165) is 0 Å². The Balaban J connectivity index is 1.65. The third kappa shape index (κ3) is 5.52. The van der Waals surface area contributed by atoms with Crippen LogP contribution < -0.4 is 4.90 Å². The van der Waals surface area contributed by atoms with E-state index in [1.165, 1.54) is 24.3 Å². The number of carbonyl (C=O) groups excluding carboxylic acids is 1. The molecule has 1 saturated heterocycles. The Labute approximate surface area is 205 Å². The van der Waals surface area contributed by atoms with Crippen LogP contribution in [0.25, 0.3) is 22.5 Å². The number of halogens is 3. The van der Waals surface area contributed by atoms with E-state index >= 15 is 0 Å². The maximum absolute atomic E-state index is 13.6. The molecule has 0 saturated carbocycles. The Morgan fingerprint density at radius 3 is 1.79 bits per heavy atom. The van der Waals surface area contributed by atoms with Gasteiger partial charge in [-0.3, -0.25) is 0 Å². The normalized spacial score (nSPS) is 14.3. The molecule has 0 aliphatic carbocycles. The van der Waals surface area contributed by atoms with E-state index in [-0.39, 0.29) is 17.7 Å². The monoisotopic (exact) mass is 530 g/mol. The fourth-order valence-electron chi connectivity index (χ4n) is 3.65. The SMILES string of the molecule is CC(C)(C)OC(=O)N1CCN(c2nc(-c3ccc(F)cc3)c(-c3ccc(F)cc3)nc2Br)CC1. The van der Waals surface area contributed by atoms with Crippen molar-refractivity contribution in [3.63, 3.8) is 0 Å². The molecule has 9 heteroatoms. The first-order chi connectivity index (χ1) is 16.1. The molecule has 6 nitrogen and oxygen atoms in total. The van der Waals surface area contributed by atoms with Crippen molar-refractivity contribution in [2.45, 2.75) is 26.4 Å². The number of hydrogen-bond donors (Lipinski definition) is 0. The Bertz CT molecular complexity index is 1170. The topological polar surface area (TPSA) is 58.6 Å². The molecule has 1 fully saturated rings. The summed E-state index contributed by atoms with van der Waals surface area (Å²) in [6.45, 7) is 7.58. The summed E-state index contributed by atoms with van der Waals surface area (Å²) in [7, 11) is 0. The van der Waals surface area contributed by atoms with Crippen molar-refractivity contribution in [3.8, 4) is 22.5 Å². The van der Waals surface area contributed by atoms with Gasteiger partial charge >= 0.3 is 6.09 Å². The minimum Gasteiger partial charge on any atom is -0.444 e. The van der Waals surface area contributed by atoms with Crippen LogP contribution in [0.4, 0.5) is 19.4 Å². The van der Waals surface area contributed by atoms with Crippen LogP contribution in [0.15, 0.2) is 53.1 Å². The highest BCUT2D eigenvalue weighted by Crippen LogP contribution is 2.35. The molecule has 0 N–H and O–H groups in total. The lowest BCUT2D eigenvalue weighted by Crippen LogP contribution is -2.50. The Hall–Kier alpha value is -3.07. The molecule has 4 rings (SSSR count). The van der Waals surface area contributed by atoms with Gasteiger partial charge in [-0.25, -0.2) is 23.5 Å². The largest absolute Gasteiger partial charge is 0.444 e. The Morgan fingerprint density at radius 1 is 0.853 bits per heavy atom. The molecule has 1 aliphatic rings. The lowest BCUT2D eigenvalue weighted by atomic mass is 10.0. The van der Waals surface area contributed by atoms with Gasteiger partial charge < -0.3 is 14.5 Å². The van der Waals surface area contributed by atoms with E-state index in [1.807, 2.05) is 25.7 Å². The third-order valence-electron chi connectivity index (χ3n) is 5.30. The zero-order chi connectivity index (χ0) is 24.5. The number of carbonyl (C=O) groups is 1. The van der Waals surface area contributed by atoms with Gasteiger partial charge in [-0.2, -0.15) is 0 Å². The van der Waals surface area contributed by atoms with E-state index in [4.69, 9.17) is 14.7 Å². The van der Waals surface area contributed by atoms with Crippen molar-refractivity contribution in [1.29, 1.82) is 0 Å². The minimum atomic E-state index is -0.553. The highest BCUT2D eigenvalue weighted by atomic mass is 79.9. The average Bonchev–Trinajstić information content (AvgIpc) is 2.79. The number of rotatable bonds is 3. The lowest BCUT2D eigenvalue weighted by Gasteiger charge is -2.36. The first-order valence-electron chi connectivity index (χ1n) is 10.9. The highest BCUT2D eigenvalue weighted by Gasteiger charge is 2.28. The summed E-state index contributed by atoms with van der Waals surface area (Å²) in [4.78, 5) is 25.8. The van der Waals surface area contributed by atoms with Gasteiger partial charge in [0.25, 0.3) is 0 Å². The van der Waals surface area contributed by atoms with Crippen LogP contribution in [-0.4, -0.2) is 52.7 Å². The van der Waals surface area contributed by atoms with Crippen molar-refractivity contribution in [2.75, 3.05) is 31.1 Å². The van der Waals surface area contributed by atoms with Crippen LogP contribution in [0.2, 0.25) is 0 Å². The fraction of sp³-hybridized carbons (Fsp3) is 0.320. The van der Waals surface area contributed by atoms with Gasteiger partial charge in [-0.15, -0.1) is 0 Å². The predicted octanol–water partition coefficient (Wildman–Crippen LogP) is 5.91. The molecule has 1 aromatic heterocycles. The molecule has 0 atom stereocenters. The Kier molecular flexibility index (Phi) is 6.84. The smallest absolute Gasteiger partial charge is 0.410 e. The fourth-order valence-corrected chi connectivity index (χ4v) is 4.17. The summed E-state index contributed by atoms with van der Waals surface area (Å²) in [6, 6.07) is 12.0. The second kappa shape index (κ2) is 9.66. The summed E-state index contributed by atoms with van der Waals surface area (Å²) >= 11 is 3.54. The molecular formula is C25H25BrF2N4O2. The molecule has 0 spiro atoms. The molecule has 0 radical (unpaired) electrons. The zero-order valence-electron chi connectivity index (χ0n) is 19.2. The molecule has 2 heterocycles. The van der Waals surface area contributed by atoms with Gasteiger partial charge in [0.05, 0.1) is 11.4 Å². The number of benzene rings is 2. The van der Waals surface area contributed by atoms with E-state index in [1.54, 1.807) is 29.2 Å². The third-order valence-corrected chi connectivity index (χ3v) is 5.83. The number of amides is 1. The van der Waals surface area contributed by atoms with Crippen molar-refractivity contribution in [2.24, 2.45) is 0 Å². The van der Waals surface area contributed by atoms with Crippen molar-refractivity contribution < 1.29 is 18.3 Å². The van der Waals surface area contributed by atoms with Gasteiger partial charge in [0.1, 0.15) is 21.8 Å². The molecule has 1 aliphatic heterocycles. The van der Waals surface area contributed by atoms with Crippen LogP contribution in [-0.2, 0) is 4.74 Å². The number of nitrogens with zero attached hydrogens (tertiary/aromatic N) is 4. The number of anilines is 1. The molecule has 178 valence electrons. The molecule has 3 aromatic rings. The standard InChI is InChI=1S/C25H25BrF2N4O2/c1-25(2,3)34-24(33)32-14-12-31(13-15-32)23-22(26)29-20(16-4-8-18(27)9-5-16)21(30-23)17-6-10-19(28)11-7-17/h4-11H,12-15H2,1-3H3. The Morgan fingerprint density at radius 2 is 1.32 bits per heavy atom. The van der Waals surface area contributed by atoms with E-state index in [2.05, 4.69) is 15.9 Å². The molecular weight excluding hydrogens is 506 g/mol. The van der Waals surface area contributed by atoms with Crippen LogP contribution in [0, 0.1) is 11.6 Å². The summed E-state index contributed by atoms with van der Waals surface area (Å²) in [5.74, 6) is -0.0803. The molecule has 0 bridgehead atoms. The summed E-state index contributed by atoms with van der Waals surface area (Å²) < 4.78 is 33.1. The average molecular weight is 531 g/mol. The predicted molar refractivity (Wildman–Crippen MR) is 131 cm³/mol. The zero-order valence-corrected chi connectivity index (χ0v) is 20.8. The number of piperazine rings is 1. The number of hydrogen-bond acceptors (Lipinski definition) is 5. The van der Waals surface area contributed by atoms with Crippen molar-refractivity contribution in [1.82, 2.24) is 14.9 Å². The van der Waals surface area contributed by atoms with Gasteiger partial charge in [0.15, 0.2) is 5.82 Å². The van der Waals surface area contributed by atoms with Gasteiger partial charge in [0, 0.05) is 37.3 Å². The number of ether oxygens (including phenoxy) is 1. The van der Waals surface area contributed by atoms with Crippen LogP contribution in [0.1, 0.15) is 20.8 Å². The highest BCUT2D eigenvalue weighted by molar-refractivity contribution is 9.10. The maximum atomic E-state index is 13.6. The van der Waals surface area contributed by atoms with Gasteiger partial charge in [-0.05, 0) is 85.2 Å². The quantitative estimate of drug-likeness (QED) is 0.421. The van der Waals surface area contributed by atoms with E-state index in [9.17, 15) is 13.6 Å². The van der Waals surface area contributed by atoms with Crippen LogP contribution in [0.5, 0.6) is 0 Å². The van der Waals surface area contributed by atoms with E-state index < -0.39 is 5.60 Å². The van der Waals surface area contributed by atoms with Crippen LogP contribution in [0.3, 0.4) is 0 Å². The summed E-state index contributed by atoms with van der Waals surface area (Å²) in [5.41, 5.74) is 1.93. The molecule has 0 unspecified atom stereocenters. The first-order valence-corrected chi connectivity index (χ1v) is 11.7. The minimum absolute atomic E-state index is 0.337. The van der Waals surface area contributed by atoms with Gasteiger partial charge in [0.2, 0.25) is 0 Å². The maximum Gasteiger partial charge on any atom is 0.410 e. The van der Waals surface area contributed by atoms with Crippen LogP contribution >= 0.6 is 15.9 Å². The molecule has 1 amide bonds. The second-order valence-electron chi connectivity index (χ2n) is 9.00. The van der Waals surface area contributed by atoms with E-state index in [0.29, 0.717) is 59.1 Å². The first kappa shape index (κ1) is 24.1. The molecule has 34 heavy (non-hydrogen) atoms. The molecule has 2 aromatic carbocycles. The van der Waals surface area contributed by atoms with Crippen molar-refractivity contribution >= 4 is 27.8 Å².